The first-order valence-corrected chi connectivity index (χ1v) is 8.67. The molecule has 2 aliphatic heterocycles. The summed E-state index contributed by atoms with van der Waals surface area (Å²) in [5.41, 5.74) is 0.811. The van der Waals surface area contributed by atoms with Crippen molar-refractivity contribution in [1.82, 2.24) is 10.2 Å². The lowest BCUT2D eigenvalue weighted by Crippen LogP contribution is -2.46. The highest BCUT2D eigenvalue weighted by molar-refractivity contribution is 5.97. The molecule has 1 aromatic rings. The Morgan fingerprint density at radius 1 is 1.21 bits per heavy atom. The van der Waals surface area contributed by atoms with Gasteiger partial charge in [-0.2, -0.15) is 0 Å². The van der Waals surface area contributed by atoms with Crippen molar-refractivity contribution < 1.29 is 14.3 Å². The third-order valence-electron chi connectivity index (χ3n) is 4.71. The lowest BCUT2D eigenvalue weighted by atomic mass is 10.2. The van der Waals surface area contributed by atoms with E-state index in [1.54, 1.807) is 12.0 Å². The molecular weight excluding hydrogens is 306 g/mol. The summed E-state index contributed by atoms with van der Waals surface area (Å²) in [6.45, 7) is 2.13. The molecule has 6 heteroatoms. The van der Waals surface area contributed by atoms with Gasteiger partial charge in [-0.25, -0.2) is 4.79 Å². The number of benzene rings is 1. The number of anilines is 1. The molecule has 0 saturated carbocycles. The summed E-state index contributed by atoms with van der Waals surface area (Å²) >= 11 is 0. The number of carbonyl (C=O) groups is 2. The Morgan fingerprint density at radius 2 is 1.96 bits per heavy atom. The molecule has 0 bridgehead atoms. The highest BCUT2D eigenvalue weighted by atomic mass is 16.5. The second kappa shape index (κ2) is 7.55. The van der Waals surface area contributed by atoms with Crippen molar-refractivity contribution in [2.45, 2.75) is 38.1 Å². The number of nitrogens with one attached hydrogen (secondary N) is 1. The topological polar surface area (TPSA) is 61.9 Å². The Labute approximate surface area is 142 Å². The highest BCUT2D eigenvalue weighted by Gasteiger charge is 2.32. The minimum absolute atomic E-state index is 0.0319. The Kier molecular flexibility index (Phi) is 5.23. The van der Waals surface area contributed by atoms with Gasteiger partial charge in [-0.05, 0) is 25.0 Å². The lowest BCUT2D eigenvalue weighted by Gasteiger charge is -2.23. The number of likely N-dealkylation sites (tertiary alicyclic amines) is 1. The second-order valence-corrected chi connectivity index (χ2v) is 6.46. The standard InChI is InChI=1S/C18H25N3O3/c1-24-16-8-6-7-15(12-16)21-13-14(11-17(21)22)19-18(23)20-9-4-2-3-5-10-20/h6-8,12,14H,2-5,9-11,13H2,1H3,(H,19,23). The summed E-state index contributed by atoms with van der Waals surface area (Å²) in [6, 6.07) is 7.27. The number of carbonyl (C=O) groups excluding carboxylic acids is 2. The summed E-state index contributed by atoms with van der Waals surface area (Å²) in [6.07, 6.45) is 4.85. The van der Waals surface area contributed by atoms with Gasteiger partial charge in [0.2, 0.25) is 5.91 Å². The molecule has 0 spiro atoms. The smallest absolute Gasteiger partial charge is 0.317 e. The van der Waals surface area contributed by atoms with E-state index in [9.17, 15) is 9.59 Å². The first-order chi connectivity index (χ1) is 11.7. The molecule has 1 unspecified atom stereocenters. The van der Waals surface area contributed by atoms with Gasteiger partial charge in [-0.3, -0.25) is 4.79 Å². The predicted octanol–water partition coefficient (Wildman–Crippen LogP) is 2.39. The fourth-order valence-electron chi connectivity index (χ4n) is 3.37. The average molecular weight is 331 g/mol. The fraction of sp³-hybridized carbons (Fsp3) is 0.556. The minimum Gasteiger partial charge on any atom is -0.497 e. The summed E-state index contributed by atoms with van der Waals surface area (Å²) in [5.74, 6) is 0.752. The minimum atomic E-state index is -0.139. The van der Waals surface area contributed by atoms with Crippen molar-refractivity contribution in [2.24, 2.45) is 0 Å². The van der Waals surface area contributed by atoms with E-state index in [1.807, 2.05) is 29.2 Å². The highest BCUT2D eigenvalue weighted by Crippen LogP contribution is 2.25. The first-order valence-electron chi connectivity index (χ1n) is 8.67. The number of rotatable bonds is 3. The molecule has 3 amide bonds. The third kappa shape index (κ3) is 3.80. The maximum atomic E-state index is 12.4. The lowest BCUT2D eigenvalue weighted by molar-refractivity contribution is -0.117. The summed E-state index contributed by atoms with van der Waals surface area (Å²) in [5, 5.41) is 3.03. The number of hydrogen-bond donors (Lipinski definition) is 1. The van der Waals surface area contributed by atoms with E-state index in [4.69, 9.17) is 4.74 Å². The van der Waals surface area contributed by atoms with Gasteiger partial charge < -0.3 is 19.9 Å². The van der Waals surface area contributed by atoms with Crippen LogP contribution in [0.1, 0.15) is 32.1 Å². The zero-order valence-corrected chi connectivity index (χ0v) is 14.2. The molecule has 0 aromatic heterocycles. The van der Waals surface area contributed by atoms with E-state index in [2.05, 4.69) is 5.32 Å². The fourth-order valence-corrected chi connectivity index (χ4v) is 3.37. The number of ether oxygens (including phenoxy) is 1. The third-order valence-corrected chi connectivity index (χ3v) is 4.71. The van der Waals surface area contributed by atoms with Crippen LogP contribution in [0.25, 0.3) is 0 Å². The van der Waals surface area contributed by atoms with E-state index >= 15 is 0 Å². The monoisotopic (exact) mass is 331 g/mol. The molecule has 3 rings (SSSR count). The van der Waals surface area contributed by atoms with Gasteiger partial charge in [0.1, 0.15) is 5.75 Å². The van der Waals surface area contributed by atoms with Crippen LogP contribution in [0.15, 0.2) is 24.3 Å². The number of hydrogen-bond acceptors (Lipinski definition) is 3. The molecule has 1 N–H and O–H groups in total. The molecule has 6 nitrogen and oxygen atoms in total. The summed E-state index contributed by atoms with van der Waals surface area (Å²) in [7, 11) is 1.61. The van der Waals surface area contributed by atoms with Gasteiger partial charge in [-0.1, -0.05) is 18.9 Å². The molecule has 0 aliphatic carbocycles. The van der Waals surface area contributed by atoms with Crippen LogP contribution in [0.3, 0.4) is 0 Å². The Bertz CT molecular complexity index is 597. The Hall–Kier alpha value is -2.24. The summed E-state index contributed by atoms with van der Waals surface area (Å²) in [4.78, 5) is 28.3. The molecule has 24 heavy (non-hydrogen) atoms. The van der Waals surface area contributed by atoms with E-state index in [0.29, 0.717) is 13.0 Å². The van der Waals surface area contributed by atoms with Gasteiger partial charge >= 0.3 is 6.03 Å². The maximum Gasteiger partial charge on any atom is 0.317 e. The van der Waals surface area contributed by atoms with Crippen molar-refractivity contribution in [2.75, 3.05) is 31.6 Å². The largest absolute Gasteiger partial charge is 0.497 e. The molecule has 2 aliphatic rings. The van der Waals surface area contributed by atoms with Crippen molar-refractivity contribution in [3.8, 4) is 5.75 Å². The molecule has 130 valence electrons. The average Bonchev–Trinajstić information content (AvgIpc) is 2.80. The molecule has 2 saturated heterocycles. The number of methoxy groups -OCH3 is 1. The second-order valence-electron chi connectivity index (χ2n) is 6.46. The van der Waals surface area contributed by atoms with Crippen LogP contribution < -0.4 is 15.0 Å². The summed E-state index contributed by atoms with van der Waals surface area (Å²) < 4.78 is 5.22. The van der Waals surface area contributed by atoms with Crippen LogP contribution in [0.4, 0.5) is 10.5 Å². The van der Waals surface area contributed by atoms with Gasteiger partial charge in [0, 0.05) is 37.8 Å². The van der Waals surface area contributed by atoms with Gasteiger partial charge in [0.15, 0.2) is 0 Å². The van der Waals surface area contributed by atoms with E-state index in [1.165, 1.54) is 12.8 Å². The van der Waals surface area contributed by atoms with Crippen molar-refractivity contribution in [1.29, 1.82) is 0 Å². The number of nitrogens with zero attached hydrogens (tertiary/aromatic N) is 2. The first kappa shape index (κ1) is 16.6. The van der Waals surface area contributed by atoms with Gasteiger partial charge in [0.25, 0.3) is 0 Å². The molecule has 1 aromatic carbocycles. The van der Waals surface area contributed by atoms with Crippen molar-refractivity contribution in [3.63, 3.8) is 0 Å². The number of amides is 3. The van der Waals surface area contributed by atoms with Crippen LogP contribution in [-0.4, -0.2) is 49.6 Å². The molecular formula is C18H25N3O3. The normalized spacial score (nSPS) is 21.5. The molecule has 2 fully saturated rings. The Morgan fingerprint density at radius 3 is 2.67 bits per heavy atom. The van der Waals surface area contributed by atoms with Crippen LogP contribution >= 0.6 is 0 Å². The zero-order chi connectivity index (χ0) is 16.9. The quantitative estimate of drug-likeness (QED) is 0.925. The maximum absolute atomic E-state index is 12.4. The van der Waals surface area contributed by atoms with Crippen LogP contribution in [0.2, 0.25) is 0 Å². The molecule has 0 radical (unpaired) electrons. The van der Waals surface area contributed by atoms with Crippen molar-refractivity contribution in [3.05, 3.63) is 24.3 Å². The van der Waals surface area contributed by atoms with Gasteiger partial charge in [-0.15, -0.1) is 0 Å². The predicted molar refractivity (Wildman–Crippen MR) is 92.3 cm³/mol. The van der Waals surface area contributed by atoms with E-state index in [-0.39, 0.29) is 18.0 Å². The van der Waals surface area contributed by atoms with Gasteiger partial charge in [0.05, 0.1) is 13.2 Å². The van der Waals surface area contributed by atoms with Crippen LogP contribution in [-0.2, 0) is 4.79 Å². The molecule has 1 atom stereocenters. The molecule has 2 heterocycles. The SMILES string of the molecule is COc1cccc(N2CC(NC(=O)N3CCCCCC3)CC2=O)c1. The van der Waals surface area contributed by atoms with E-state index in [0.717, 1.165) is 37.4 Å². The van der Waals surface area contributed by atoms with Crippen LogP contribution in [0.5, 0.6) is 5.75 Å². The Balaban J connectivity index is 1.60. The zero-order valence-electron chi connectivity index (χ0n) is 14.2. The van der Waals surface area contributed by atoms with Crippen molar-refractivity contribution >= 4 is 17.6 Å². The van der Waals surface area contributed by atoms with Crippen LogP contribution in [0, 0.1) is 0 Å². The number of urea groups is 1. The van der Waals surface area contributed by atoms with E-state index < -0.39 is 0 Å².